The number of nitro groups is 1. The van der Waals surface area contributed by atoms with E-state index in [-0.39, 0.29) is 17.2 Å². The van der Waals surface area contributed by atoms with Gasteiger partial charge in [0.1, 0.15) is 11.3 Å². The van der Waals surface area contributed by atoms with Crippen molar-refractivity contribution in [1.82, 2.24) is 4.90 Å². The van der Waals surface area contributed by atoms with Crippen molar-refractivity contribution in [3.63, 3.8) is 0 Å². The summed E-state index contributed by atoms with van der Waals surface area (Å²) in [5.41, 5.74) is 0.780. The average molecular weight is 314 g/mol. The molecule has 2 rings (SSSR count). The fraction of sp³-hybridized carbons (Fsp3) is 0.235. The molecule has 0 aromatic heterocycles. The Hall–Kier alpha value is -2.89. The van der Waals surface area contributed by atoms with Crippen LogP contribution < -0.4 is 4.74 Å². The Balaban J connectivity index is 2.35. The van der Waals surface area contributed by atoms with Crippen molar-refractivity contribution in [2.24, 2.45) is 0 Å². The molecule has 0 atom stereocenters. The van der Waals surface area contributed by atoms with Gasteiger partial charge in [-0.3, -0.25) is 14.9 Å². The summed E-state index contributed by atoms with van der Waals surface area (Å²) in [4.78, 5) is 24.9. The molecule has 23 heavy (non-hydrogen) atoms. The second kappa shape index (κ2) is 7.40. The fourth-order valence-electron chi connectivity index (χ4n) is 2.27. The third-order valence-electron chi connectivity index (χ3n) is 3.52. The lowest BCUT2D eigenvalue weighted by Gasteiger charge is -2.21. The van der Waals surface area contributed by atoms with Crippen molar-refractivity contribution in [3.05, 3.63) is 69.8 Å². The number of nitro benzene ring substituents is 1. The first-order valence-electron chi connectivity index (χ1n) is 7.22. The summed E-state index contributed by atoms with van der Waals surface area (Å²) in [6.45, 7) is 2.68. The van der Waals surface area contributed by atoms with Gasteiger partial charge in [0.2, 0.25) is 0 Å². The maximum Gasteiger partial charge on any atom is 0.282 e. The maximum atomic E-state index is 12.7. The van der Waals surface area contributed by atoms with Crippen LogP contribution in [-0.4, -0.2) is 29.4 Å². The number of methoxy groups -OCH3 is 1. The number of carbonyl (C=O) groups excluding carboxylic acids is 1. The normalized spacial score (nSPS) is 10.2. The highest BCUT2D eigenvalue weighted by Crippen LogP contribution is 2.25. The number of amides is 1. The molecule has 0 bridgehead atoms. The van der Waals surface area contributed by atoms with E-state index in [2.05, 4.69) is 0 Å². The molecule has 1 amide bonds. The van der Waals surface area contributed by atoms with Crippen LogP contribution >= 0.6 is 0 Å². The van der Waals surface area contributed by atoms with E-state index in [4.69, 9.17) is 4.74 Å². The third-order valence-corrected chi connectivity index (χ3v) is 3.52. The molecule has 0 saturated heterocycles. The quantitative estimate of drug-likeness (QED) is 0.606. The van der Waals surface area contributed by atoms with Gasteiger partial charge in [-0.05, 0) is 24.6 Å². The number of rotatable bonds is 6. The molecule has 0 fully saturated rings. The zero-order valence-corrected chi connectivity index (χ0v) is 13.1. The zero-order valence-electron chi connectivity index (χ0n) is 13.1. The van der Waals surface area contributed by atoms with Gasteiger partial charge in [-0.15, -0.1) is 0 Å². The molecular formula is C17H18N2O4. The van der Waals surface area contributed by atoms with Gasteiger partial charge in [-0.2, -0.15) is 0 Å². The van der Waals surface area contributed by atoms with Crippen molar-refractivity contribution >= 4 is 11.6 Å². The zero-order chi connectivity index (χ0) is 16.8. The van der Waals surface area contributed by atoms with Crippen molar-refractivity contribution in [1.29, 1.82) is 0 Å². The highest BCUT2D eigenvalue weighted by molar-refractivity contribution is 5.98. The molecule has 0 heterocycles. The van der Waals surface area contributed by atoms with Gasteiger partial charge < -0.3 is 9.64 Å². The molecule has 0 N–H and O–H groups in total. The average Bonchev–Trinajstić information content (AvgIpc) is 2.59. The van der Waals surface area contributed by atoms with Crippen molar-refractivity contribution < 1.29 is 14.5 Å². The van der Waals surface area contributed by atoms with Gasteiger partial charge in [-0.25, -0.2) is 0 Å². The first-order chi connectivity index (χ1) is 11.1. The molecule has 120 valence electrons. The Kier molecular flexibility index (Phi) is 5.30. The highest BCUT2D eigenvalue weighted by atomic mass is 16.6. The topological polar surface area (TPSA) is 72.7 Å². The van der Waals surface area contributed by atoms with Gasteiger partial charge in [0, 0.05) is 19.2 Å². The second-order valence-electron chi connectivity index (χ2n) is 4.95. The van der Waals surface area contributed by atoms with Crippen LogP contribution in [0.3, 0.4) is 0 Å². The Morgan fingerprint density at radius 1 is 1.22 bits per heavy atom. The Morgan fingerprint density at radius 3 is 2.48 bits per heavy atom. The van der Waals surface area contributed by atoms with E-state index in [1.165, 1.54) is 25.3 Å². The molecule has 6 nitrogen and oxygen atoms in total. The Morgan fingerprint density at radius 2 is 1.91 bits per heavy atom. The van der Waals surface area contributed by atoms with E-state index in [0.717, 1.165) is 5.56 Å². The number of ether oxygens (including phenoxy) is 1. The van der Waals surface area contributed by atoms with Gasteiger partial charge >= 0.3 is 0 Å². The van der Waals surface area contributed by atoms with E-state index in [1.54, 1.807) is 4.90 Å². The minimum atomic E-state index is -0.553. The standard InChI is InChI=1S/C17H18N2O4/c1-3-18(12-13-7-5-4-6-8-13)17(20)15-11-14(23-2)9-10-16(15)19(21)22/h4-11H,3,12H2,1-2H3. The van der Waals surface area contributed by atoms with Crippen LogP contribution in [0.25, 0.3) is 0 Å². The fourth-order valence-corrected chi connectivity index (χ4v) is 2.27. The largest absolute Gasteiger partial charge is 0.497 e. The van der Waals surface area contributed by atoms with Crippen LogP contribution in [0.15, 0.2) is 48.5 Å². The van der Waals surface area contributed by atoms with Crippen LogP contribution in [0.4, 0.5) is 5.69 Å². The van der Waals surface area contributed by atoms with Crippen molar-refractivity contribution in [2.75, 3.05) is 13.7 Å². The van der Waals surface area contributed by atoms with Crippen molar-refractivity contribution in [3.8, 4) is 5.75 Å². The maximum absolute atomic E-state index is 12.7. The molecule has 0 aliphatic heterocycles. The summed E-state index contributed by atoms with van der Waals surface area (Å²) < 4.78 is 5.08. The summed E-state index contributed by atoms with van der Waals surface area (Å²) >= 11 is 0. The molecule has 0 unspecified atom stereocenters. The molecular weight excluding hydrogens is 296 g/mol. The second-order valence-corrected chi connectivity index (χ2v) is 4.95. The smallest absolute Gasteiger partial charge is 0.282 e. The highest BCUT2D eigenvalue weighted by Gasteiger charge is 2.25. The molecule has 0 aliphatic carbocycles. The molecule has 2 aromatic rings. The van der Waals surface area contributed by atoms with Crippen LogP contribution in [0.2, 0.25) is 0 Å². The van der Waals surface area contributed by atoms with Crippen LogP contribution in [0.1, 0.15) is 22.8 Å². The number of hydrogen-bond donors (Lipinski definition) is 0. The van der Waals surface area contributed by atoms with Crippen LogP contribution in [0, 0.1) is 10.1 Å². The summed E-state index contributed by atoms with van der Waals surface area (Å²) in [7, 11) is 1.46. The van der Waals surface area contributed by atoms with E-state index < -0.39 is 4.92 Å². The van der Waals surface area contributed by atoms with Crippen LogP contribution in [0.5, 0.6) is 5.75 Å². The summed E-state index contributed by atoms with van der Waals surface area (Å²) in [6, 6.07) is 13.7. The molecule has 0 saturated carbocycles. The van der Waals surface area contributed by atoms with E-state index in [9.17, 15) is 14.9 Å². The third kappa shape index (κ3) is 3.85. The van der Waals surface area contributed by atoms with Crippen molar-refractivity contribution in [2.45, 2.75) is 13.5 Å². The Bertz CT molecular complexity index is 701. The lowest BCUT2D eigenvalue weighted by atomic mass is 10.1. The van der Waals surface area contributed by atoms with E-state index in [0.29, 0.717) is 18.8 Å². The lowest BCUT2D eigenvalue weighted by molar-refractivity contribution is -0.385. The number of nitrogens with zero attached hydrogens (tertiary/aromatic N) is 2. The van der Waals surface area contributed by atoms with Gasteiger partial charge in [0.25, 0.3) is 11.6 Å². The van der Waals surface area contributed by atoms with Gasteiger partial charge in [0.05, 0.1) is 12.0 Å². The molecule has 0 aliphatic rings. The SMILES string of the molecule is CCN(Cc1ccccc1)C(=O)c1cc(OC)ccc1[N+](=O)[O-]. The van der Waals surface area contributed by atoms with E-state index >= 15 is 0 Å². The minimum Gasteiger partial charge on any atom is -0.497 e. The van der Waals surface area contributed by atoms with E-state index in [1.807, 2.05) is 37.3 Å². The molecule has 0 spiro atoms. The predicted molar refractivity (Wildman–Crippen MR) is 86.5 cm³/mol. The van der Waals surface area contributed by atoms with Gasteiger partial charge in [0.15, 0.2) is 0 Å². The predicted octanol–water partition coefficient (Wildman–Crippen LogP) is 3.27. The minimum absolute atomic E-state index is 0.0344. The molecule has 2 aromatic carbocycles. The first-order valence-corrected chi connectivity index (χ1v) is 7.22. The molecule has 0 radical (unpaired) electrons. The summed E-state index contributed by atoms with van der Waals surface area (Å²) in [5.74, 6) is 0.0247. The number of benzene rings is 2. The van der Waals surface area contributed by atoms with Crippen LogP contribution in [-0.2, 0) is 6.54 Å². The summed E-state index contributed by atoms with van der Waals surface area (Å²) in [6.07, 6.45) is 0. The van der Waals surface area contributed by atoms with Gasteiger partial charge in [-0.1, -0.05) is 30.3 Å². The first kappa shape index (κ1) is 16.5. The monoisotopic (exact) mass is 314 g/mol. The molecule has 6 heteroatoms. The number of carbonyl (C=O) groups is 1. The number of hydrogen-bond acceptors (Lipinski definition) is 4. The lowest BCUT2D eigenvalue weighted by Crippen LogP contribution is -2.30. The summed E-state index contributed by atoms with van der Waals surface area (Å²) in [5, 5.41) is 11.2. The Labute approximate surface area is 134 Å².